The molecule has 2 aromatic carbocycles. The molecule has 0 aliphatic rings. The van der Waals surface area contributed by atoms with E-state index in [0.717, 1.165) is 18.2 Å². The lowest BCUT2D eigenvalue weighted by Gasteiger charge is -2.17. The summed E-state index contributed by atoms with van der Waals surface area (Å²) in [6.45, 7) is 6.31. The minimum Gasteiger partial charge on any atom is -0.490 e. The Morgan fingerprint density at radius 2 is 1.57 bits per heavy atom. The van der Waals surface area contributed by atoms with E-state index in [0.29, 0.717) is 25.6 Å². The third-order valence-electron chi connectivity index (χ3n) is 3.67. The topological polar surface area (TPSA) is 103 Å². The molecule has 2 aromatic rings. The van der Waals surface area contributed by atoms with Crippen LogP contribution < -0.4 is 24.5 Å². The van der Waals surface area contributed by atoms with Gasteiger partial charge in [-0.05, 0) is 51.1 Å². The number of hydrogen-bond donors (Lipinski definition) is 2. The molecule has 8 nitrogen and oxygen atoms in total. The molecule has 11 heteroatoms. The van der Waals surface area contributed by atoms with Crippen molar-refractivity contribution in [2.75, 3.05) is 19.8 Å². The number of sulfonamides is 1. The van der Waals surface area contributed by atoms with Gasteiger partial charge in [-0.2, -0.15) is 0 Å². The molecular weight excluding hydrogens is 439 g/mol. The van der Waals surface area contributed by atoms with Crippen molar-refractivity contribution in [2.24, 2.45) is 0 Å². The molecule has 0 spiro atoms. The Kier molecular flexibility index (Phi) is 8.27. The summed E-state index contributed by atoms with van der Waals surface area (Å²) in [4.78, 5) is 14.2. The molecule has 0 bridgehead atoms. The van der Waals surface area contributed by atoms with E-state index in [1.54, 1.807) is 20.8 Å². The van der Waals surface area contributed by atoms with Crippen molar-refractivity contribution in [2.45, 2.75) is 25.7 Å². The van der Waals surface area contributed by atoms with Gasteiger partial charge in [-0.1, -0.05) is 11.6 Å². The van der Waals surface area contributed by atoms with Crippen LogP contribution in [0, 0.1) is 5.82 Å². The second kappa shape index (κ2) is 10.5. The van der Waals surface area contributed by atoms with Crippen LogP contribution in [0.5, 0.6) is 17.2 Å². The predicted octanol–water partition coefficient (Wildman–Crippen LogP) is 3.30. The molecule has 0 unspecified atom stereocenters. The second-order valence-electron chi connectivity index (χ2n) is 5.74. The van der Waals surface area contributed by atoms with E-state index in [1.165, 1.54) is 12.1 Å². The second-order valence-corrected chi connectivity index (χ2v) is 7.83. The maximum atomic E-state index is 13.3. The van der Waals surface area contributed by atoms with E-state index in [4.69, 9.17) is 25.8 Å². The molecule has 0 atom stereocenters. The lowest BCUT2D eigenvalue weighted by atomic mass is 10.1. The fourth-order valence-electron chi connectivity index (χ4n) is 2.41. The number of carbonyl (C=O) groups is 1. The lowest BCUT2D eigenvalue weighted by Crippen LogP contribution is -2.41. The van der Waals surface area contributed by atoms with E-state index < -0.39 is 21.7 Å². The molecule has 0 saturated heterocycles. The monoisotopic (exact) mass is 460 g/mol. The van der Waals surface area contributed by atoms with Gasteiger partial charge in [0.1, 0.15) is 5.82 Å². The Balaban J connectivity index is 2.27. The van der Waals surface area contributed by atoms with E-state index in [-0.39, 0.29) is 27.0 Å². The molecule has 0 aliphatic heterocycles. The number of nitrogens with one attached hydrogen (secondary N) is 2. The van der Waals surface area contributed by atoms with Crippen LogP contribution in [0.3, 0.4) is 0 Å². The number of benzene rings is 2. The number of carbonyl (C=O) groups excluding carboxylic acids is 1. The summed E-state index contributed by atoms with van der Waals surface area (Å²) < 4.78 is 54.6. The van der Waals surface area contributed by atoms with Crippen molar-refractivity contribution in [3.05, 3.63) is 46.7 Å². The average Bonchev–Trinajstić information content (AvgIpc) is 2.70. The van der Waals surface area contributed by atoms with E-state index >= 15 is 0 Å². The van der Waals surface area contributed by atoms with Crippen molar-refractivity contribution in [3.63, 3.8) is 0 Å². The third-order valence-corrected chi connectivity index (χ3v) is 5.21. The Hall–Kier alpha value is -2.56. The van der Waals surface area contributed by atoms with Crippen LogP contribution >= 0.6 is 11.6 Å². The summed E-state index contributed by atoms with van der Waals surface area (Å²) in [5.41, 5.74) is 2.17. The number of hydrogen-bond acceptors (Lipinski definition) is 6. The summed E-state index contributed by atoms with van der Waals surface area (Å²) in [6.07, 6.45) is 0. The molecule has 0 heterocycles. The predicted molar refractivity (Wildman–Crippen MR) is 109 cm³/mol. The highest BCUT2D eigenvalue weighted by atomic mass is 35.5. The summed E-state index contributed by atoms with van der Waals surface area (Å²) in [6, 6.07) is 5.69. The summed E-state index contributed by atoms with van der Waals surface area (Å²) in [7, 11) is -4.18. The first-order chi connectivity index (χ1) is 14.2. The van der Waals surface area contributed by atoms with Crippen molar-refractivity contribution in [1.29, 1.82) is 0 Å². The first kappa shape index (κ1) is 23.7. The molecule has 30 heavy (non-hydrogen) atoms. The molecular formula is C19H22ClFN2O6S. The molecule has 0 radical (unpaired) electrons. The van der Waals surface area contributed by atoms with Gasteiger partial charge >= 0.3 is 0 Å². The van der Waals surface area contributed by atoms with Crippen molar-refractivity contribution >= 4 is 27.5 Å². The zero-order chi connectivity index (χ0) is 22.3. The Labute approximate surface area is 179 Å². The van der Waals surface area contributed by atoms with Crippen LogP contribution in [0.25, 0.3) is 0 Å². The normalized spacial score (nSPS) is 11.1. The SMILES string of the molecule is CCOc1cc(C(=O)NNS(=O)(=O)c2ccc(F)c(Cl)c2)cc(OCC)c1OCC. The minimum absolute atomic E-state index is 0.0743. The lowest BCUT2D eigenvalue weighted by molar-refractivity contribution is 0.0944. The number of amides is 1. The summed E-state index contributed by atoms with van der Waals surface area (Å²) in [5.74, 6) is -0.621. The highest BCUT2D eigenvalue weighted by Crippen LogP contribution is 2.39. The number of halogens is 2. The molecule has 0 aromatic heterocycles. The zero-order valence-electron chi connectivity index (χ0n) is 16.6. The standard InChI is InChI=1S/C19H22ClFN2O6S/c1-4-27-16-9-12(10-17(28-5-2)18(16)29-6-3)19(24)22-23-30(25,26)13-7-8-15(21)14(20)11-13/h7-11,23H,4-6H2,1-3H3,(H,22,24). The van der Waals surface area contributed by atoms with E-state index in [9.17, 15) is 17.6 Å². The van der Waals surface area contributed by atoms with Crippen molar-refractivity contribution in [3.8, 4) is 17.2 Å². The summed E-state index contributed by atoms with van der Waals surface area (Å²) in [5, 5.41) is -0.363. The van der Waals surface area contributed by atoms with Gasteiger partial charge in [0, 0.05) is 5.56 Å². The maximum absolute atomic E-state index is 13.3. The van der Waals surface area contributed by atoms with Crippen LogP contribution in [0.15, 0.2) is 35.2 Å². The molecule has 1 amide bonds. The van der Waals surface area contributed by atoms with E-state index in [2.05, 4.69) is 5.43 Å². The molecule has 2 rings (SSSR count). The quantitative estimate of drug-likeness (QED) is 0.527. The molecule has 0 saturated carbocycles. The van der Waals surface area contributed by atoms with Gasteiger partial charge in [-0.3, -0.25) is 10.2 Å². The first-order valence-corrected chi connectivity index (χ1v) is 10.9. The maximum Gasteiger partial charge on any atom is 0.266 e. The minimum atomic E-state index is -4.18. The molecule has 0 aliphatic carbocycles. The first-order valence-electron chi connectivity index (χ1n) is 9.07. The van der Waals surface area contributed by atoms with Gasteiger partial charge in [0.05, 0.1) is 29.7 Å². The van der Waals surface area contributed by atoms with Crippen LogP contribution in [-0.4, -0.2) is 34.1 Å². The van der Waals surface area contributed by atoms with Gasteiger partial charge < -0.3 is 14.2 Å². The highest BCUT2D eigenvalue weighted by Gasteiger charge is 2.21. The van der Waals surface area contributed by atoms with Gasteiger partial charge in [0.15, 0.2) is 11.5 Å². The van der Waals surface area contributed by atoms with Crippen molar-refractivity contribution < 1.29 is 31.8 Å². The Morgan fingerprint density at radius 1 is 1.00 bits per heavy atom. The Morgan fingerprint density at radius 3 is 2.07 bits per heavy atom. The number of rotatable bonds is 10. The number of hydrazine groups is 1. The largest absolute Gasteiger partial charge is 0.490 e. The Bertz CT molecular complexity index is 989. The van der Waals surface area contributed by atoms with Crippen LogP contribution in [0.2, 0.25) is 5.02 Å². The summed E-state index contributed by atoms with van der Waals surface area (Å²) >= 11 is 5.62. The van der Waals surface area contributed by atoms with Gasteiger partial charge in [-0.15, -0.1) is 4.83 Å². The van der Waals surface area contributed by atoms with Gasteiger partial charge in [-0.25, -0.2) is 12.8 Å². The van der Waals surface area contributed by atoms with Crippen LogP contribution in [-0.2, 0) is 10.0 Å². The fourth-order valence-corrected chi connectivity index (χ4v) is 3.52. The highest BCUT2D eigenvalue weighted by molar-refractivity contribution is 7.89. The van der Waals surface area contributed by atoms with Crippen LogP contribution in [0.4, 0.5) is 4.39 Å². The van der Waals surface area contributed by atoms with Gasteiger partial charge in [0.2, 0.25) is 5.75 Å². The molecule has 0 fully saturated rings. The average molecular weight is 461 g/mol. The van der Waals surface area contributed by atoms with E-state index in [1.807, 2.05) is 4.83 Å². The van der Waals surface area contributed by atoms with Gasteiger partial charge in [0.25, 0.3) is 15.9 Å². The molecule has 164 valence electrons. The molecule has 2 N–H and O–H groups in total. The fraction of sp³-hybridized carbons (Fsp3) is 0.316. The zero-order valence-corrected chi connectivity index (χ0v) is 18.2. The third kappa shape index (κ3) is 5.74. The number of ether oxygens (including phenoxy) is 3. The van der Waals surface area contributed by atoms with Crippen molar-refractivity contribution in [1.82, 2.24) is 10.3 Å². The smallest absolute Gasteiger partial charge is 0.266 e. The van der Waals surface area contributed by atoms with Crippen LogP contribution in [0.1, 0.15) is 31.1 Å².